The van der Waals surface area contributed by atoms with Gasteiger partial charge >= 0.3 is 0 Å². The highest BCUT2D eigenvalue weighted by atomic mass is 79.9. The summed E-state index contributed by atoms with van der Waals surface area (Å²) in [6, 6.07) is 15.4. The van der Waals surface area contributed by atoms with Crippen LogP contribution in [0.25, 0.3) is 0 Å². The lowest BCUT2D eigenvalue weighted by Gasteiger charge is -2.08. The number of nitrogens with one attached hydrogen (secondary N) is 1. The Kier molecular flexibility index (Phi) is 5.18. The summed E-state index contributed by atoms with van der Waals surface area (Å²) in [4.78, 5) is 12.0. The van der Waals surface area contributed by atoms with Crippen molar-refractivity contribution in [3.63, 3.8) is 0 Å². The number of carbonyl (C=O) groups excluding carboxylic acids is 1. The van der Waals surface area contributed by atoms with Crippen LogP contribution < -0.4 is 10.1 Å². The van der Waals surface area contributed by atoms with Crippen LogP contribution in [0.1, 0.15) is 15.9 Å². The van der Waals surface area contributed by atoms with Gasteiger partial charge in [-0.3, -0.25) is 4.79 Å². The van der Waals surface area contributed by atoms with Crippen molar-refractivity contribution in [2.75, 3.05) is 13.7 Å². The van der Waals surface area contributed by atoms with Crippen LogP contribution in [0.5, 0.6) is 5.75 Å². The Bertz CT molecular complexity index is 584. The van der Waals surface area contributed by atoms with Gasteiger partial charge in [-0.2, -0.15) is 0 Å². The molecule has 4 heteroatoms. The van der Waals surface area contributed by atoms with Crippen LogP contribution in [0.4, 0.5) is 0 Å². The zero-order chi connectivity index (χ0) is 14.4. The van der Waals surface area contributed by atoms with E-state index in [0.29, 0.717) is 17.9 Å². The highest BCUT2D eigenvalue weighted by molar-refractivity contribution is 9.10. The minimum atomic E-state index is -0.0910. The second-order valence-corrected chi connectivity index (χ2v) is 5.20. The SMILES string of the molecule is COc1cc(C(=O)NCCc2ccccc2)ccc1Br. The van der Waals surface area contributed by atoms with Crippen LogP contribution in [0, 0.1) is 0 Å². The fourth-order valence-electron chi connectivity index (χ4n) is 1.87. The van der Waals surface area contributed by atoms with Crippen molar-refractivity contribution in [1.29, 1.82) is 0 Å². The molecule has 2 aromatic rings. The van der Waals surface area contributed by atoms with Crippen molar-refractivity contribution >= 4 is 21.8 Å². The molecule has 0 unspecified atom stereocenters. The normalized spacial score (nSPS) is 10.1. The van der Waals surface area contributed by atoms with Gasteiger partial charge in [-0.25, -0.2) is 0 Å². The molecule has 0 heterocycles. The molecule has 0 bridgehead atoms. The lowest BCUT2D eigenvalue weighted by molar-refractivity contribution is 0.0954. The number of halogens is 1. The first-order valence-electron chi connectivity index (χ1n) is 6.36. The Morgan fingerprint density at radius 1 is 1.20 bits per heavy atom. The first kappa shape index (κ1) is 14.6. The molecule has 0 radical (unpaired) electrons. The number of rotatable bonds is 5. The lowest BCUT2D eigenvalue weighted by Crippen LogP contribution is -2.25. The van der Waals surface area contributed by atoms with Gasteiger partial charge in [0, 0.05) is 12.1 Å². The average Bonchev–Trinajstić information content (AvgIpc) is 2.48. The second kappa shape index (κ2) is 7.10. The third-order valence-electron chi connectivity index (χ3n) is 2.96. The molecule has 0 saturated heterocycles. The van der Waals surface area contributed by atoms with Gasteiger partial charge in [0.15, 0.2) is 0 Å². The summed E-state index contributed by atoms with van der Waals surface area (Å²) in [5.41, 5.74) is 1.80. The highest BCUT2D eigenvalue weighted by Crippen LogP contribution is 2.25. The van der Waals surface area contributed by atoms with Gasteiger partial charge < -0.3 is 10.1 Å². The van der Waals surface area contributed by atoms with E-state index in [-0.39, 0.29) is 5.91 Å². The van der Waals surface area contributed by atoms with E-state index < -0.39 is 0 Å². The van der Waals surface area contributed by atoms with Gasteiger partial charge in [-0.15, -0.1) is 0 Å². The summed E-state index contributed by atoms with van der Waals surface area (Å²) < 4.78 is 6.02. The standard InChI is InChI=1S/C16H16BrNO2/c1-20-15-11-13(7-8-14(15)17)16(19)18-10-9-12-5-3-2-4-6-12/h2-8,11H,9-10H2,1H3,(H,18,19). The first-order valence-corrected chi connectivity index (χ1v) is 7.15. The molecule has 0 fully saturated rings. The van der Waals surface area contributed by atoms with E-state index in [1.54, 1.807) is 19.2 Å². The van der Waals surface area contributed by atoms with E-state index in [9.17, 15) is 4.79 Å². The fourth-order valence-corrected chi connectivity index (χ4v) is 2.28. The molecule has 1 N–H and O–H groups in total. The number of methoxy groups -OCH3 is 1. The van der Waals surface area contributed by atoms with Gasteiger partial charge in [-0.05, 0) is 46.1 Å². The van der Waals surface area contributed by atoms with E-state index in [4.69, 9.17) is 4.74 Å². The van der Waals surface area contributed by atoms with Crippen LogP contribution in [-0.4, -0.2) is 19.6 Å². The first-order chi connectivity index (χ1) is 9.70. The summed E-state index contributed by atoms with van der Waals surface area (Å²) in [6.07, 6.45) is 0.820. The predicted octanol–water partition coefficient (Wildman–Crippen LogP) is 3.43. The molecule has 0 aliphatic heterocycles. The molecular formula is C16H16BrNO2. The van der Waals surface area contributed by atoms with Crippen molar-refractivity contribution in [1.82, 2.24) is 5.32 Å². The maximum atomic E-state index is 12.0. The largest absolute Gasteiger partial charge is 0.496 e. The average molecular weight is 334 g/mol. The zero-order valence-corrected chi connectivity index (χ0v) is 12.8. The summed E-state index contributed by atoms with van der Waals surface area (Å²) >= 11 is 3.37. The molecule has 0 aliphatic carbocycles. The number of carbonyl (C=O) groups is 1. The fraction of sp³-hybridized carbons (Fsp3) is 0.188. The topological polar surface area (TPSA) is 38.3 Å². The summed E-state index contributed by atoms with van der Waals surface area (Å²) in [5, 5.41) is 2.91. The highest BCUT2D eigenvalue weighted by Gasteiger charge is 2.08. The Balaban J connectivity index is 1.92. The van der Waals surface area contributed by atoms with E-state index in [1.807, 2.05) is 24.3 Å². The molecule has 2 rings (SSSR count). The van der Waals surface area contributed by atoms with Gasteiger partial charge in [0.1, 0.15) is 5.75 Å². The number of amides is 1. The van der Waals surface area contributed by atoms with Gasteiger partial charge in [0.2, 0.25) is 0 Å². The van der Waals surface area contributed by atoms with Crippen LogP contribution in [0.15, 0.2) is 53.0 Å². The second-order valence-electron chi connectivity index (χ2n) is 4.34. The molecule has 0 aliphatic rings. The van der Waals surface area contributed by atoms with E-state index in [1.165, 1.54) is 5.56 Å². The van der Waals surface area contributed by atoms with Crippen molar-refractivity contribution in [2.24, 2.45) is 0 Å². The van der Waals surface area contributed by atoms with Gasteiger partial charge in [0.25, 0.3) is 5.91 Å². The third kappa shape index (κ3) is 3.84. The Morgan fingerprint density at radius 2 is 1.95 bits per heavy atom. The van der Waals surface area contributed by atoms with E-state index in [0.717, 1.165) is 10.9 Å². The van der Waals surface area contributed by atoms with Crippen molar-refractivity contribution in [2.45, 2.75) is 6.42 Å². The van der Waals surface area contributed by atoms with E-state index >= 15 is 0 Å². The van der Waals surface area contributed by atoms with Crippen molar-refractivity contribution < 1.29 is 9.53 Å². The maximum Gasteiger partial charge on any atom is 0.251 e. The minimum absolute atomic E-state index is 0.0910. The van der Waals surface area contributed by atoms with Crippen LogP contribution >= 0.6 is 15.9 Å². The molecule has 1 amide bonds. The Hall–Kier alpha value is -1.81. The summed E-state index contributed by atoms with van der Waals surface area (Å²) in [7, 11) is 1.58. The van der Waals surface area contributed by atoms with E-state index in [2.05, 4.69) is 33.4 Å². The monoisotopic (exact) mass is 333 g/mol. The number of benzene rings is 2. The molecule has 0 atom stereocenters. The van der Waals surface area contributed by atoms with Crippen LogP contribution in [-0.2, 0) is 6.42 Å². The molecule has 20 heavy (non-hydrogen) atoms. The summed E-state index contributed by atoms with van der Waals surface area (Å²) in [6.45, 7) is 0.612. The van der Waals surface area contributed by atoms with Crippen LogP contribution in [0.2, 0.25) is 0 Å². The Labute approximate surface area is 127 Å². The van der Waals surface area contributed by atoms with Crippen molar-refractivity contribution in [3.05, 3.63) is 64.1 Å². The molecule has 0 saturated carbocycles. The molecule has 3 nitrogen and oxygen atoms in total. The molecule has 0 aromatic heterocycles. The molecule has 0 spiro atoms. The molecule has 2 aromatic carbocycles. The lowest BCUT2D eigenvalue weighted by atomic mass is 10.1. The predicted molar refractivity (Wildman–Crippen MR) is 83.2 cm³/mol. The minimum Gasteiger partial charge on any atom is -0.496 e. The number of ether oxygens (including phenoxy) is 1. The van der Waals surface area contributed by atoms with Gasteiger partial charge in [-0.1, -0.05) is 30.3 Å². The molecule has 104 valence electrons. The van der Waals surface area contributed by atoms with Crippen LogP contribution in [0.3, 0.4) is 0 Å². The summed E-state index contributed by atoms with van der Waals surface area (Å²) in [5.74, 6) is 0.562. The third-order valence-corrected chi connectivity index (χ3v) is 3.61. The Morgan fingerprint density at radius 3 is 2.65 bits per heavy atom. The van der Waals surface area contributed by atoms with Crippen molar-refractivity contribution in [3.8, 4) is 5.75 Å². The smallest absolute Gasteiger partial charge is 0.251 e. The van der Waals surface area contributed by atoms with Gasteiger partial charge in [0.05, 0.1) is 11.6 Å². The number of hydrogen-bond donors (Lipinski definition) is 1. The zero-order valence-electron chi connectivity index (χ0n) is 11.2. The maximum absolute atomic E-state index is 12.0. The molecular weight excluding hydrogens is 318 g/mol. The quantitative estimate of drug-likeness (QED) is 0.910. The number of hydrogen-bond acceptors (Lipinski definition) is 2.